The molecule has 3 aliphatic rings. The van der Waals surface area contributed by atoms with Crippen molar-refractivity contribution in [3.63, 3.8) is 0 Å². The Bertz CT molecular complexity index is 497. The summed E-state index contributed by atoms with van der Waals surface area (Å²) in [5.41, 5.74) is 7.29. The standard InChI is InChI=1S/C23H46N4/c1-21(2,3)27-16-11-20(24)23(6,17-27)13-12-22(4,5)25-18-9-7-14-26-15-8-10-19(18)26/h18-20,25H,7-17,24H2,1-6H3/t18-,19-,20-,23?/m1/s1. The maximum Gasteiger partial charge on any atom is 0.0250 e. The molecule has 4 heteroatoms. The summed E-state index contributed by atoms with van der Waals surface area (Å²) < 4.78 is 0. The lowest BCUT2D eigenvalue weighted by Crippen LogP contribution is -2.60. The van der Waals surface area contributed by atoms with Gasteiger partial charge in [0.15, 0.2) is 0 Å². The van der Waals surface area contributed by atoms with Crippen LogP contribution in [0.5, 0.6) is 0 Å². The molecular weight excluding hydrogens is 332 g/mol. The van der Waals surface area contributed by atoms with Gasteiger partial charge in [0.25, 0.3) is 0 Å². The predicted molar refractivity (Wildman–Crippen MR) is 116 cm³/mol. The number of hydrogen-bond donors (Lipinski definition) is 2. The molecule has 158 valence electrons. The SMILES string of the molecule is CC(C)(CCC1(C)CN(C(C)(C)C)CC[C@H]1N)N[C@@H]1CCCN2CCC[C@H]12. The summed E-state index contributed by atoms with van der Waals surface area (Å²) in [7, 11) is 0. The van der Waals surface area contributed by atoms with Crippen LogP contribution in [-0.2, 0) is 0 Å². The topological polar surface area (TPSA) is 44.5 Å². The Labute approximate surface area is 168 Å². The molecule has 0 saturated carbocycles. The zero-order chi connectivity index (χ0) is 19.9. The fraction of sp³-hybridized carbons (Fsp3) is 1.00. The van der Waals surface area contributed by atoms with Crippen molar-refractivity contribution in [2.24, 2.45) is 11.1 Å². The van der Waals surface area contributed by atoms with Gasteiger partial charge < -0.3 is 11.1 Å². The molecule has 3 fully saturated rings. The van der Waals surface area contributed by atoms with Crippen LogP contribution in [0, 0.1) is 5.41 Å². The summed E-state index contributed by atoms with van der Waals surface area (Å²) in [5.74, 6) is 0. The lowest BCUT2D eigenvalue weighted by atomic mass is 9.71. The molecule has 0 aromatic rings. The molecule has 27 heavy (non-hydrogen) atoms. The number of piperidine rings is 2. The monoisotopic (exact) mass is 378 g/mol. The van der Waals surface area contributed by atoms with E-state index in [1.54, 1.807) is 0 Å². The van der Waals surface area contributed by atoms with Crippen molar-refractivity contribution in [3.8, 4) is 0 Å². The Balaban J connectivity index is 1.58. The Morgan fingerprint density at radius 1 is 1.00 bits per heavy atom. The molecule has 0 aromatic carbocycles. The Kier molecular flexibility index (Phi) is 6.33. The van der Waals surface area contributed by atoms with Crippen molar-refractivity contribution in [2.75, 3.05) is 26.2 Å². The quantitative estimate of drug-likeness (QED) is 0.767. The van der Waals surface area contributed by atoms with Gasteiger partial charge in [0.05, 0.1) is 0 Å². The second kappa shape index (κ2) is 7.93. The highest BCUT2D eigenvalue weighted by atomic mass is 15.2. The number of likely N-dealkylation sites (tertiary alicyclic amines) is 1. The molecule has 4 nitrogen and oxygen atoms in total. The molecule has 0 bridgehead atoms. The van der Waals surface area contributed by atoms with Crippen LogP contribution in [0.2, 0.25) is 0 Å². The molecule has 3 saturated heterocycles. The molecule has 4 atom stereocenters. The van der Waals surface area contributed by atoms with Crippen LogP contribution in [-0.4, -0.2) is 65.2 Å². The van der Waals surface area contributed by atoms with Gasteiger partial charge in [-0.2, -0.15) is 0 Å². The van der Waals surface area contributed by atoms with Crippen molar-refractivity contribution >= 4 is 0 Å². The van der Waals surface area contributed by atoms with E-state index in [4.69, 9.17) is 5.73 Å². The number of rotatable bonds is 5. The molecular formula is C23H46N4. The fourth-order valence-electron chi connectivity index (χ4n) is 5.75. The largest absolute Gasteiger partial charge is 0.327 e. The van der Waals surface area contributed by atoms with Crippen LogP contribution >= 0.6 is 0 Å². The van der Waals surface area contributed by atoms with E-state index in [9.17, 15) is 0 Å². The van der Waals surface area contributed by atoms with Crippen molar-refractivity contribution in [2.45, 2.75) is 116 Å². The second-order valence-electron chi connectivity index (χ2n) is 11.7. The molecule has 3 heterocycles. The number of nitrogens with two attached hydrogens (primary N) is 1. The van der Waals surface area contributed by atoms with E-state index in [0.29, 0.717) is 12.1 Å². The van der Waals surface area contributed by atoms with E-state index < -0.39 is 0 Å². The van der Waals surface area contributed by atoms with Gasteiger partial charge in [0.2, 0.25) is 0 Å². The molecule has 3 N–H and O–H groups in total. The zero-order valence-electron chi connectivity index (χ0n) is 19.0. The summed E-state index contributed by atoms with van der Waals surface area (Å²) in [4.78, 5) is 5.38. The maximum absolute atomic E-state index is 6.65. The third-order valence-electron chi connectivity index (χ3n) is 7.84. The van der Waals surface area contributed by atoms with Gasteiger partial charge >= 0.3 is 0 Å². The van der Waals surface area contributed by atoms with Crippen LogP contribution in [0.4, 0.5) is 0 Å². The van der Waals surface area contributed by atoms with Crippen LogP contribution < -0.4 is 11.1 Å². The van der Waals surface area contributed by atoms with E-state index in [1.807, 2.05) is 0 Å². The molecule has 0 radical (unpaired) electrons. The van der Waals surface area contributed by atoms with Crippen LogP contribution in [0.3, 0.4) is 0 Å². The summed E-state index contributed by atoms with van der Waals surface area (Å²) >= 11 is 0. The van der Waals surface area contributed by atoms with Crippen LogP contribution in [0.1, 0.15) is 86.5 Å². The molecule has 0 spiro atoms. The average molecular weight is 379 g/mol. The molecule has 0 amide bonds. The summed E-state index contributed by atoms with van der Waals surface area (Å²) in [6.07, 6.45) is 9.02. The molecule has 0 aliphatic carbocycles. The van der Waals surface area contributed by atoms with Crippen LogP contribution in [0.15, 0.2) is 0 Å². The van der Waals surface area contributed by atoms with E-state index in [0.717, 1.165) is 25.6 Å². The lowest BCUT2D eigenvalue weighted by Gasteiger charge is -2.51. The summed E-state index contributed by atoms with van der Waals surface area (Å²) in [6, 6.07) is 1.78. The van der Waals surface area contributed by atoms with E-state index in [1.165, 1.54) is 51.6 Å². The first-order chi connectivity index (χ1) is 12.5. The second-order valence-corrected chi connectivity index (χ2v) is 11.7. The third-order valence-corrected chi connectivity index (χ3v) is 7.84. The minimum atomic E-state index is 0.184. The fourth-order valence-corrected chi connectivity index (χ4v) is 5.75. The summed E-state index contributed by atoms with van der Waals surface area (Å²) in [5, 5.41) is 4.08. The van der Waals surface area contributed by atoms with Gasteiger partial charge in [-0.1, -0.05) is 6.92 Å². The highest BCUT2D eigenvalue weighted by Gasteiger charge is 2.42. The van der Waals surface area contributed by atoms with E-state index >= 15 is 0 Å². The van der Waals surface area contributed by atoms with Gasteiger partial charge in [-0.25, -0.2) is 0 Å². The molecule has 3 aliphatic heterocycles. The van der Waals surface area contributed by atoms with Gasteiger partial charge in [-0.3, -0.25) is 9.80 Å². The Morgan fingerprint density at radius 3 is 2.33 bits per heavy atom. The van der Waals surface area contributed by atoms with Crippen molar-refractivity contribution < 1.29 is 0 Å². The first-order valence-corrected chi connectivity index (χ1v) is 11.5. The molecule has 0 aromatic heterocycles. The van der Waals surface area contributed by atoms with Crippen molar-refractivity contribution in [1.29, 1.82) is 0 Å². The number of nitrogens with one attached hydrogen (secondary N) is 1. The third kappa shape index (κ3) is 5.07. The van der Waals surface area contributed by atoms with E-state index in [2.05, 4.69) is 56.7 Å². The Morgan fingerprint density at radius 2 is 1.67 bits per heavy atom. The highest BCUT2D eigenvalue weighted by Crippen LogP contribution is 2.38. The Hall–Kier alpha value is -0.160. The maximum atomic E-state index is 6.65. The molecule has 3 rings (SSSR count). The predicted octanol–water partition coefficient (Wildman–Crippen LogP) is 3.60. The number of hydrogen-bond acceptors (Lipinski definition) is 4. The van der Waals surface area contributed by atoms with Gasteiger partial charge in [-0.15, -0.1) is 0 Å². The smallest absolute Gasteiger partial charge is 0.0250 e. The van der Waals surface area contributed by atoms with Crippen molar-refractivity contribution in [1.82, 2.24) is 15.1 Å². The van der Waals surface area contributed by atoms with Gasteiger partial charge in [-0.05, 0) is 98.1 Å². The van der Waals surface area contributed by atoms with Crippen molar-refractivity contribution in [3.05, 3.63) is 0 Å². The normalized spacial score (nSPS) is 36.8. The first-order valence-electron chi connectivity index (χ1n) is 11.5. The molecule has 1 unspecified atom stereocenters. The average Bonchev–Trinajstić information content (AvgIpc) is 3.05. The lowest BCUT2D eigenvalue weighted by molar-refractivity contribution is 0.0104. The van der Waals surface area contributed by atoms with Gasteiger partial charge in [0, 0.05) is 42.3 Å². The van der Waals surface area contributed by atoms with Crippen LogP contribution in [0.25, 0.3) is 0 Å². The first kappa shape index (κ1) is 21.5. The van der Waals surface area contributed by atoms with Gasteiger partial charge in [0.1, 0.15) is 0 Å². The van der Waals surface area contributed by atoms with E-state index in [-0.39, 0.29) is 16.5 Å². The summed E-state index contributed by atoms with van der Waals surface area (Å²) in [6.45, 7) is 19.2. The minimum Gasteiger partial charge on any atom is -0.327 e. The zero-order valence-corrected chi connectivity index (χ0v) is 19.0. The number of nitrogens with zero attached hydrogens (tertiary/aromatic N) is 2. The highest BCUT2D eigenvalue weighted by molar-refractivity contribution is 5.00. The minimum absolute atomic E-state index is 0.184. The number of fused-ring (bicyclic) bond motifs is 1.